The average molecular weight is 401 g/mol. The molecule has 0 saturated heterocycles. The van der Waals surface area contributed by atoms with Gasteiger partial charge >= 0.3 is 0 Å². The summed E-state index contributed by atoms with van der Waals surface area (Å²) >= 11 is 0. The van der Waals surface area contributed by atoms with Crippen molar-refractivity contribution in [3.8, 4) is 0 Å². The van der Waals surface area contributed by atoms with E-state index in [0.29, 0.717) is 16.2 Å². The first-order chi connectivity index (χ1) is 13.3. The Morgan fingerprint density at radius 2 is 1.31 bits per heavy atom. The summed E-state index contributed by atoms with van der Waals surface area (Å²) < 4.78 is 0. The molecule has 3 aliphatic rings. The largest absolute Gasteiger partial charge is 0.103 e. The third kappa shape index (κ3) is 5.29. The lowest BCUT2D eigenvalue weighted by Crippen LogP contribution is -2.43. The fraction of sp³-hybridized carbons (Fsp3) is 0.793. The molecule has 0 N–H and O–H groups in total. The average Bonchev–Trinajstić information content (AvgIpc) is 2.66. The summed E-state index contributed by atoms with van der Waals surface area (Å²) in [6.07, 6.45) is 12.4. The second-order valence-electron chi connectivity index (χ2n) is 11.5. The molecular formula is C29H52. The van der Waals surface area contributed by atoms with Crippen LogP contribution in [0.25, 0.3) is 0 Å². The highest BCUT2D eigenvalue weighted by molar-refractivity contribution is 5.23. The molecule has 0 heterocycles. The molecule has 0 aromatic carbocycles. The van der Waals surface area contributed by atoms with Crippen LogP contribution in [0.3, 0.4) is 0 Å². The standard InChI is InChI=1S/2C10H18.C9H16/c2*1-5-8-7-9(6-2)10(8,3)4;1-5-8-6-7(2)9(8,3)4/h5,9H,6-7H2,1-4H3;5,8-9H,1,6-7H2,2-4H3;8H,2,5-6H2,1,3-4H3. The Kier molecular flexibility index (Phi) is 9.07. The second-order valence-corrected chi connectivity index (χ2v) is 11.5. The van der Waals surface area contributed by atoms with Crippen molar-refractivity contribution in [2.45, 2.75) is 108 Å². The van der Waals surface area contributed by atoms with Gasteiger partial charge in [-0.2, -0.15) is 0 Å². The van der Waals surface area contributed by atoms with Crippen LogP contribution in [0.2, 0.25) is 0 Å². The van der Waals surface area contributed by atoms with Gasteiger partial charge < -0.3 is 0 Å². The minimum absolute atomic E-state index is 0.453. The van der Waals surface area contributed by atoms with E-state index >= 15 is 0 Å². The van der Waals surface area contributed by atoms with Gasteiger partial charge in [0.2, 0.25) is 0 Å². The predicted octanol–water partition coefficient (Wildman–Crippen LogP) is 9.63. The Hall–Kier alpha value is -0.780. The SMILES string of the molecule is C=C1CC(CC)C1(C)C.C=CC1CC(CC)C1(C)C.CC=C1CC(CC)C1(C)C. The molecule has 0 spiro atoms. The van der Waals surface area contributed by atoms with Crippen molar-refractivity contribution in [2.24, 2.45) is 39.9 Å². The van der Waals surface area contributed by atoms with Gasteiger partial charge in [0.15, 0.2) is 0 Å². The Morgan fingerprint density at radius 3 is 1.55 bits per heavy atom. The zero-order valence-electron chi connectivity index (χ0n) is 21.6. The second kappa shape index (κ2) is 10.0. The lowest BCUT2D eigenvalue weighted by atomic mass is 9.54. The lowest BCUT2D eigenvalue weighted by molar-refractivity contribution is 0.00949. The van der Waals surface area contributed by atoms with Crippen LogP contribution in [0.5, 0.6) is 0 Å². The van der Waals surface area contributed by atoms with Crippen LogP contribution >= 0.6 is 0 Å². The van der Waals surface area contributed by atoms with Crippen molar-refractivity contribution in [3.63, 3.8) is 0 Å². The summed E-state index contributed by atoms with van der Waals surface area (Å²) in [4.78, 5) is 0. The molecule has 3 fully saturated rings. The number of hydrogen-bond acceptors (Lipinski definition) is 0. The van der Waals surface area contributed by atoms with Gasteiger partial charge in [-0.05, 0) is 66.1 Å². The minimum atomic E-state index is 0.453. The van der Waals surface area contributed by atoms with E-state index in [1.807, 2.05) is 0 Å². The van der Waals surface area contributed by atoms with Gasteiger partial charge in [0, 0.05) is 0 Å². The van der Waals surface area contributed by atoms with Crippen LogP contribution in [0.15, 0.2) is 36.5 Å². The summed E-state index contributed by atoms with van der Waals surface area (Å²) in [6, 6.07) is 0. The molecule has 0 bridgehead atoms. The van der Waals surface area contributed by atoms with E-state index in [0.717, 1.165) is 23.7 Å². The highest BCUT2D eigenvalue weighted by atomic mass is 14.5. The zero-order valence-corrected chi connectivity index (χ0v) is 21.6. The van der Waals surface area contributed by atoms with E-state index in [1.54, 1.807) is 5.57 Å². The molecule has 3 saturated carbocycles. The van der Waals surface area contributed by atoms with Gasteiger partial charge in [0.25, 0.3) is 0 Å². The molecular weight excluding hydrogens is 348 g/mol. The fourth-order valence-corrected chi connectivity index (χ4v) is 5.84. The molecule has 0 radical (unpaired) electrons. The zero-order chi connectivity index (χ0) is 22.6. The summed E-state index contributed by atoms with van der Waals surface area (Å²) in [5.74, 6) is 3.57. The third-order valence-electron chi connectivity index (χ3n) is 9.40. The minimum Gasteiger partial charge on any atom is -0.103 e. The van der Waals surface area contributed by atoms with Gasteiger partial charge in [0.1, 0.15) is 0 Å². The lowest BCUT2D eigenvalue weighted by Gasteiger charge is -2.51. The van der Waals surface area contributed by atoms with Crippen molar-refractivity contribution in [1.82, 2.24) is 0 Å². The quantitative estimate of drug-likeness (QED) is 0.412. The summed E-state index contributed by atoms with van der Waals surface area (Å²) in [5.41, 5.74) is 4.60. The maximum atomic E-state index is 4.01. The van der Waals surface area contributed by atoms with Crippen molar-refractivity contribution in [3.05, 3.63) is 36.5 Å². The summed E-state index contributed by atoms with van der Waals surface area (Å²) in [6.45, 7) is 30.9. The fourth-order valence-electron chi connectivity index (χ4n) is 5.84. The van der Waals surface area contributed by atoms with Crippen molar-refractivity contribution in [1.29, 1.82) is 0 Å². The van der Waals surface area contributed by atoms with Crippen LogP contribution in [0, 0.1) is 39.9 Å². The maximum absolute atomic E-state index is 4.01. The van der Waals surface area contributed by atoms with Crippen molar-refractivity contribution >= 4 is 0 Å². The van der Waals surface area contributed by atoms with Crippen molar-refractivity contribution in [2.75, 3.05) is 0 Å². The predicted molar refractivity (Wildman–Crippen MR) is 133 cm³/mol. The van der Waals surface area contributed by atoms with Crippen LogP contribution in [0.1, 0.15) is 108 Å². The van der Waals surface area contributed by atoms with Crippen LogP contribution in [0.4, 0.5) is 0 Å². The van der Waals surface area contributed by atoms with E-state index < -0.39 is 0 Å². The van der Waals surface area contributed by atoms with Crippen LogP contribution in [-0.2, 0) is 0 Å². The smallest absolute Gasteiger partial charge is 0.0113 e. The molecule has 0 amide bonds. The first-order valence-corrected chi connectivity index (χ1v) is 12.3. The Morgan fingerprint density at radius 1 is 0.828 bits per heavy atom. The van der Waals surface area contributed by atoms with Gasteiger partial charge in [0.05, 0.1) is 0 Å². The molecule has 0 nitrogen and oxygen atoms in total. The maximum Gasteiger partial charge on any atom is -0.0113 e. The van der Waals surface area contributed by atoms with E-state index in [4.69, 9.17) is 0 Å². The molecule has 3 rings (SSSR count). The topological polar surface area (TPSA) is 0 Å². The normalized spacial score (nSPS) is 34.3. The Bertz CT molecular complexity index is 583. The van der Waals surface area contributed by atoms with E-state index in [2.05, 4.69) is 94.5 Å². The number of hydrogen-bond donors (Lipinski definition) is 0. The first kappa shape index (κ1) is 26.3. The molecule has 29 heavy (non-hydrogen) atoms. The Balaban J connectivity index is 0.000000218. The van der Waals surface area contributed by atoms with E-state index in [1.165, 1.54) is 44.1 Å². The molecule has 0 heteroatoms. The van der Waals surface area contributed by atoms with Crippen LogP contribution < -0.4 is 0 Å². The summed E-state index contributed by atoms with van der Waals surface area (Å²) in [7, 11) is 0. The Labute approximate surface area is 184 Å². The number of allylic oxidation sites excluding steroid dienone is 4. The molecule has 0 aromatic rings. The van der Waals surface area contributed by atoms with Gasteiger partial charge in [-0.25, -0.2) is 0 Å². The van der Waals surface area contributed by atoms with Gasteiger partial charge in [-0.15, -0.1) is 6.58 Å². The molecule has 4 unspecified atom stereocenters. The van der Waals surface area contributed by atoms with Crippen LogP contribution in [-0.4, -0.2) is 0 Å². The highest BCUT2D eigenvalue weighted by Gasteiger charge is 2.44. The van der Waals surface area contributed by atoms with Crippen molar-refractivity contribution < 1.29 is 0 Å². The third-order valence-corrected chi connectivity index (χ3v) is 9.40. The molecule has 0 aliphatic heterocycles. The number of rotatable bonds is 4. The molecule has 4 atom stereocenters. The molecule has 168 valence electrons. The van der Waals surface area contributed by atoms with Gasteiger partial charge in [-0.3, -0.25) is 0 Å². The first-order valence-electron chi connectivity index (χ1n) is 12.3. The van der Waals surface area contributed by atoms with Gasteiger partial charge in [-0.1, -0.05) is 111 Å². The molecule has 3 aliphatic carbocycles. The van der Waals surface area contributed by atoms with E-state index in [9.17, 15) is 0 Å². The monoisotopic (exact) mass is 400 g/mol. The molecule has 0 aromatic heterocycles. The van der Waals surface area contributed by atoms with E-state index in [-0.39, 0.29) is 0 Å². The highest BCUT2D eigenvalue weighted by Crippen LogP contribution is 2.53. The summed E-state index contributed by atoms with van der Waals surface area (Å²) in [5, 5.41) is 0.